The first-order chi connectivity index (χ1) is 11.2. The number of fused-ring (bicyclic) bond motifs is 2. The summed E-state index contributed by atoms with van der Waals surface area (Å²) in [4.78, 5) is 2.67. The zero-order valence-corrected chi connectivity index (χ0v) is 14.4. The Balaban J connectivity index is 1.61. The molecule has 0 radical (unpaired) electrons. The number of unbranched alkanes of at least 4 members (excludes halogenated alkanes) is 1. The van der Waals surface area contributed by atoms with Crippen molar-refractivity contribution in [2.45, 2.75) is 75.6 Å². The minimum Gasteiger partial charge on any atom is -0.390 e. The van der Waals surface area contributed by atoms with Gasteiger partial charge in [0.2, 0.25) is 0 Å². The third-order valence-corrected chi connectivity index (χ3v) is 5.69. The van der Waals surface area contributed by atoms with E-state index in [-0.39, 0.29) is 0 Å². The van der Waals surface area contributed by atoms with Gasteiger partial charge in [-0.15, -0.1) is 0 Å². The summed E-state index contributed by atoms with van der Waals surface area (Å²) in [5.74, 6) is 0. The summed E-state index contributed by atoms with van der Waals surface area (Å²) in [6.45, 7) is 1.85. The Kier molecular flexibility index (Phi) is 5.73. The van der Waals surface area contributed by atoms with Gasteiger partial charge >= 0.3 is 0 Å². The quantitative estimate of drug-likeness (QED) is 0.777. The number of nitrogens with zero attached hydrogens (tertiary/aromatic N) is 1. The zero-order chi connectivity index (χ0) is 16.1. The van der Waals surface area contributed by atoms with Crippen molar-refractivity contribution in [2.75, 3.05) is 13.7 Å². The molecule has 0 saturated carbocycles. The van der Waals surface area contributed by atoms with E-state index in [0.29, 0.717) is 12.1 Å². The minimum absolute atomic E-state index is 0.448. The second kappa shape index (κ2) is 7.78. The summed E-state index contributed by atoms with van der Waals surface area (Å²) in [7, 11) is 1.75. The Morgan fingerprint density at radius 3 is 2.48 bits per heavy atom. The first kappa shape index (κ1) is 16.9. The Morgan fingerprint density at radius 1 is 1.13 bits per heavy atom. The molecule has 2 aliphatic rings. The molecule has 2 heterocycles. The van der Waals surface area contributed by atoms with E-state index in [1.807, 2.05) is 0 Å². The first-order valence-corrected chi connectivity index (χ1v) is 9.21. The van der Waals surface area contributed by atoms with Gasteiger partial charge in [0.25, 0.3) is 0 Å². The third kappa shape index (κ3) is 4.34. The number of methoxy groups -OCH3 is 1. The lowest BCUT2D eigenvalue weighted by atomic mass is 9.73. The number of aliphatic hydroxyl groups is 1. The van der Waals surface area contributed by atoms with Crippen LogP contribution < -0.4 is 0 Å². The van der Waals surface area contributed by atoms with Gasteiger partial charge in [-0.2, -0.15) is 0 Å². The number of ether oxygens (including phenoxy) is 1. The average molecular weight is 317 g/mol. The standard InChI is InChI=1S/C20H31NO2/c1-23-13-6-5-12-20(22)14-18-10-7-11-19(15-20)21(18)16-17-8-3-2-4-9-17/h2-4,8-9,18-19,22H,5-7,10-16H2,1H3. The summed E-state index contributed by atoms with van der Waals surface area (Å²) in [5.41, 5.74) is 0.950. The predicted molar refractivity (Wildman–Crippen MR) is 93.3 cm³/mol. The molecule has 3 heteroatoms. The molecular weight excluding hydrogens is 286 g/mol. The lowest BCUT2D eigenvalue weighted by Gasteiger charge is -2.52. The molecule has 3 nitrogen and oxygen atoms in total. The molecule has 1 aromatic carbocycles. The fourth-order valence-electron chi connectivity index (χ4n) is 4.58. The van der Waals surface area contributed by atoms with Crippen LogP contribution in [0, 0.1) is 0 Å². The fraction of sp³-hybridized carbons (Fsp3) is 0.700. The van der Waals surface area contributed by atoms with Crippen LogP contribution in [0.3, 0.4) is 0 Å². The second-order valence-electron chi connectivity index (χ2n) is 7.48. The van der Waals surface area contributed by atoms with E-state index < -0.39 is 5.60 Å². The molecule has 2 unspecified atom stereocenters. The van der Waals surface area contributed by atoms with E-state index in [1.165, 1.54) is 24.8 Å². The summed E-state index contributed by atoms with van der Waals surface area (Å²) >= 11 is 0. The number of benzene rings is 1. The van der Waals surface area contributed by atoms with Crippen molar-refractivity contribution in [3.8, 4) is 0 Å². The van der Waals surface area contributed by atoms with Crippen molar-refractivity contribution in [3.05, 3.63) is 35.9 Å². The lowest BCUT2D eigenvalue weighted by molar-refractivity contribution is -0.100. The SMILES string of the molecule is COCCCCC1(O)CC2CCCC(C1)N2Cc1ccccc1. The topological polar surface area (TPSA) is 32.7 Å². The van der Waals surface area contributed by atoms with Crippen molar-refractivity contribution in [1.29, 1.82) is 0 Å². The number of hydrogen-bond donors (Lipinski definition) is 1. The van der Waals surface area contributed by atoms with Crippen molar-refractivity contribution in [3.63, 3.8) is 0 Å². The highest BCUT2D eigenvalue weighted by atomic mass is 16.5. The predicted octanol–water partition coefficient (Wildman–Crippen LogP) is 3.75. The highest BCUT2D eigenvalue weighted by Crippen LogP contribution is 2.42. The molecule has 0 aliphatic carbocycles. The Bertz CT molecular complexity index is 462. The van der Waals surface area contributed by atoms with Crippen molar-refractivity contribution in [1.82, 2.24) is 4.90 Å². The normalized spacial score (nSPS) is 31.2. The van der Waals surface area contributed by atoms with Crippen LogP contribution >= 0.6 is 0 Å². The van der Waals surface area contributed by atoms with Crippen LogP contribution in [0.25, 0.3) is 0 Å². The molecule has 0 amide bonds. The Morgan fingerprint density at radius 2 is 1.83 bits per heavy atom. The van der Waals surface area contributed by atoms with Crippen molar-refractivity contribution in [2.24, 2.45) is 0 Å². The average Bonchev–Trinajstić information content (AvgIpc) is 2.54. The smallest absolute Gasteiger partial charge is 0.0677 e. The van der Waals surface area contributed by atoms with Gasteiger partial charge in [-0.05, 0) is 50.5 Å². The minimum atomic E-state index is -0.448. The molecular formula is C20H31NO2. The first-order valence-electron chi connectivity index (χ1n) is 9.21. The van der Waals surface area contributed by atoms with Crippen LogP contribution in [0.15, 0.2) is 30.3 Å². The highest BCUT2D eigenvalue weighted by molar-refractivity contribution is 5.15. The summed E-state index contributed by atoms with van der Waals surface area (Å²) in [6.07, 6.45) is 8.76. The van der Waals surface area contributed by atoms with E-state index in [4.69, 9.17) is 4.74 Å². The molecule has 0 aromatic heterocycles. The zero-order valence-electron chi connectivity index (χ0n) is 14.4. The van der Waals surface area contributed by atoms with Gasteiger partial charge in [0.15, 0.2) is 0 Å². The summed E-state index contributed by atoms with van der Waals surface area (Å²) in [6, 6.07) is 11.9. The van der Waals surface area contributed by atoms with E-state index in [9.17, 15) is 5.11 Å². The van der Waals surface area contributed by atoms with Crippen LogP contribution in [0.4, 0.5) is 0 Å². The molecule has 128 valence electrons. The molecule has 23 heavy (non-hydrogen) atoms. The molecule has 2 aliphatic heterocycles. The second-order valence-corrected chi connectivity index (χ2v) is 7.48. The molecule has 2 saturated heterocycles. The van der Waals surface area contributed by atoms with Crippen LogP contribution in [0.5, 0.6) is 0 Å². The molecule has 2 fully saturated rings. The van der Waals surface area contributed by atoms with Gasteiger partial charge in [0, 0.05) is 32.3 Å². The Labute approximate surface area is 140 Å². The molecule has 2 atom stereocenters. The molecule has 1 aromatic rings. The largest absolute Gasteiger partial charge is 0.390 e. The van der Waals surface area contributed by atoms with Crippen molar-refractivity contribution >= 4 is 0 Å². The van der Waals surface area contributed by atoms with Gasteiger partial charge in [-0.1, -0.05) is 36.8 Å². The highest BCUT2D eigenvalue weighted by Gasteiger charge is 2.44. The third-order valence-electron chi connectivity index (χ3n) is 5.69. The van der Waals surface area contributed by atoms with E-state index in [0.717, 1.165) is 45.3 Å². The van der Waals surface area contributed by atoms with Gasteiger partial charge in [0.05, 0.1) is 5.60 Å². The Hall–Kier alpha value is -0.900. The van der Waals surface area contributed by atoms with Crippen LogP contribution in [0.2, 0.25) is 0 Å². The summed E-state index contributed by atoms with van der Waals surface area (Å²) in [5, 5.41) is 11.1. The van der Waals surface area contributed by atoms with E-state index >= 15 is 0 Å². The number of piperidine rings is 2. The maximum absolute atomic E-state index is 11.1. The fourth-order valence-corrected chi connectivity index (χ4v) is 4.58. The monoisotopic (exact) mass is 317 g/mol. The van der Waals surface area contributed by atoms with E-state index in [2.05, 4.69) is 35.2 Å². The van der Waals surface area contributed by atoms with Gasteiger partial charge in [-0.3, -0.25) is 4.90 Å². The molecule has 3 rings (SSSR count). The van der Waals surface area contributed by atoms with Crippen molar-refractivity contribution < 1.29 is 9.84 Å². The molecule has 0 spiro atoms. The number of rotatable bonds is 7. The maximum Gasteiger partial charge on any atom is 0.0677 e. The molecule has 2 bridgehead atoms. The summed E-state index contributed by atoms with van der Waals surface area (Å²) < 4.78 is 5.13. The van der Waals surface area contributed by atoms with Crippen LogP contribution in [-0.2, 0) is 11.3 Å². The van der Waals surface area contributed by atoms with Gasteiger partial charge in [-0.25, -0.2) is 0 Å². The number of hydrogen-bond acceptors (Lipinski definition) is 3. The lowest BCUT2D eigenvalue weighted by Crippen LogP contribution is -2.57. The molecule has 1 N–H and O–H groups in total. The van der Waals surface area contributed by atoms with Gasteiger partial charge < -0.3 is 9.84 Å². The van der Waals surface area contributed by atoms with Crippen LogP contribution in [-0.4, -0.2) is 41.4 Å². The van der Waals surface area contributed by atoms with E-state index in [1.54, 1.807) is 7.11 Å². The maximum atomic E-state index is 11.1. The van der Waals surface area contributed by atoms with Crippen LogP contribution in [0.1, 0.15) is 56.9 Å². The van der Waals surface area contributed by atoms with Gasteiger partial charge in [0.1, 0.15) is 0 Å².